The molecule has 0 atom stereocenters. The van der Waals surface area contributed by atoms with E-state index in [0.29, 0.717) is 11.5 Å². The van der Waals surface area contributed by atoms with Crippen molar-refractivity contribution in [1.82, 2.24) is 9.97 Å². The Morgan fingerprint density at radius 1 is 1.24 bits per heavy atom. The van der Waals surface area contributed by atoms with Crippen LogP contribution in [0.25, 0.3) is 0 Å². The molecular weight excluding hydrogens is 262 g/mol. The van der Waals surface area contributed by atoms with E-state index in [0.717, 1.165) is 35.6 Å². The number of anilines is 3. The minimum atomic E-state index is 0.610. The number of hydrogen-bond acceptors (Lipinski definition) is 5. The molecule has 0 radical (unpaired) electrons. The Morgan fingerprint density at radius 3 is 2.76 bits per heavy atom. The highest BCUT2D eigenvalue weighted by Crippen LogP contribution is 2.23. The Kier molecular flexibility index (Phi) is 4.72. The van der Waals surface area contributed by atoms with Gasteiger partial charge in [-0.15, -0.1) is 0 Å². The first-order valence-corrected chi connectivity index (χ1v) is 6.99. The van der Waals surface area contributed by atoms with E-state index in [9.17, 15) is 0 Å². The zero-order valence-electron chi connectivity index (χ0n) is 12.6. The number of nitriles is 1. The maximum atomic E-state index is 9.00. The molecule has 0 bridgehead atoms. The van der Waals surface area contributed by atoms with E-state index in [1.54, 1.807) is 6.20 Å². The standard InChI is InChI=1S/C16H19N5/c1-4-7-18-16-19-10-12(3)15(21-16)20-14-8-13(9-17)6-5-11(14)2/h5-6,8,10H,4,7H2,1-3H3,(H2,18,19,20,21). The van der Waals surface area contributed by atoms with Gasteiger partial charge in [-0.2, -0.15) is 10.2 Å². The fourth-order valence-corrected chi connectivity index (χ4v) is 1.84. The van der Waals surface area contributed by atoms with Crippen molar-refractivity contribution in [2.24, 2.45) is 0 Å². The Balaban J connectivity index is 2.28. The molecule has 0 aliphatic rings. The molecule has 0 aliphatic carbocycles. The van der Waals surface area contributed by atoms with Gasteiger partial charge in [-0.1, -0.05) is 13.0 Å². The first-order chi connectivity index (χ1) is 10.1. The number of benzene rings is 1. The molecule has 0 fully saturated rings. The fraction of sp³-hybridized carbons (Fsp3) is 0.312. The molecule has 2 aromatic rings. The first kappa shape index (κ1) is 14.8. The molecule has 2 N–H and O–H groups in total. The summed E-state index contributed by atoms with van der Waals surface area (Å²) in [4.78, 5) is 8.75. The number of aryl methyl sites for hydroxylation is 2. The molecule has 108 valence electrons. The average Bonchev–Trinajstić information content (AvgIpc) is 2.50. The average molecular weight is 281 g/mol. The second-order valence-corrected chi connectivity index (χ2v) is 4.92. The van der Waals surface area contributed by atoms with Crippen LogP contribution in [0.5, 0.6) is 0 Å². The van der Waals surface area contributed by atoms with Gasteiger partial charge in [0.1, 0.15) is 5.82 Å². The van der Waals surface area contributed by atoms with Crippen LogP contribution in [0.2, 0.25) is 0 Å². The molecule has 0 saturated carbocycles. The summed E-state index contributed by atoms with van der Waals surface area (Å²) >= 11 is 0. The van der Waals surface area contributed by atoms with E-state index in [-0.39, 0.29) is 0 Å². The summed E-state index contributed by atoms with van der Waals surface area (Å²) in [7, 11) is 0. The summed E-state index contributed by atoms with van der Waals surface area (Å²) in [6.45, 7) is 6.88. The monoisotopic (exact) mass is 281 g/mol. The Labute approximate surface area is 125 Å². The molecule has 1 heterocycles. The first-order valence-electron chi connectivity index (χ1n) is 6.99. The second-order valence-electron chi connectivity index (χ2n) is 4.92. The van der Waals surface area contributed by atoms with Gasteiger partial charge in [-0.3, -0.25) is 0 Å². The van der Waals surface area contributed by atoms with Crippen molar-refractivity contribution in [3.05, 3.63) is 41.1 Å². The maximum Gasteiger partial charge on any atom is 0.224 e. The highest BCUT2D eigenvalue weighted by Gasteiger charge is 2.06. The normalized spacial score (nSPS) is 10.0. The van der Waals surface area contributed by atoms with E-state index < -0.39 is 0 Å². The Bertz CT molecular complexity index is 673. The molecule has 2 rings (SSSR count). The van der Waals surface area contributed by atoms with Crippen LogP contribution in [0.4, 0.5) is 17.5 Å². The van der Waals surface area contributed by atoms with E-state index in [2.05, 4.69) is 33.6 Å². The number of hydrogen-bond donors (Lipinski definition) is 2. The largest absolute Gasteiger partial charge is 0.354 e. The molecule has 5 nitrogen and oxygen atoms in total. The Morgan fingerprint density at radius 2 is 2.05 bits per heavy atom. The maximum absolute atomic E-state index is 9.00. The van der Waals surface area contributed by atoms with Crippen LogP contribution in [-0.2, 0) is 0 Å². The van der Waals surface area contributed by atoms with Gasteiger partial charge in [-0.05, 0) is 38.0 Å². The van der Waals surface area contributed by atoms with Gasteiger partial charge in [0.25, 0.3) is 0 Å². The van der Waals surface area contributed by atoms with Crippen molar-refractivity contribution in [3.63, 3.8) is 0 Å². The third-order valence-electron chi connectivity index (χ3n) is 3.12. The second kappa shape index (κ2) is 6.71. The van der Waals surface area contributed by atoms with Crippen LogP contribution in [0, 0.1) is 25.2 Å². The van der Waals surface area contributed by atoms with Crippen LogP contribution in [-0.4, -0.2) is 16.5 Å². The third kappa shape index (κ3) is 3.69. The lowest BCUT2D eigenvalue weighted by Crippen LogP contribution is -2.07. The molecule has 0 aliphatic heterocycles. The summed E-state index contributed by atoms with van der Waals surface area (Å²) in [6, 6.07) is 7.71. The zero-order chi connectivity index (χ0) is 15.2. The topological polar surface area (TPSA) is 73.6 Å². The minimum Gasteiger partial charge on any atom is -0.354 e. The van der Waals surface area contributed by atoms with Crippen molar-refractivity contribution in [1.29, 1.82) is 5.26 Å². The van der Waals surface area contributed by atoms with E-state index >= 15 is 0 Å². The smallest absolute Gasteiger partial charge is 0.224 e. The van der Waals surface area contributed by atoms with Gasteiger partial charge in [0.15, 0.2) is 0 Å². The molecule has 0 amide bonds. The van der Waals surface area contributed by atoms with Crippen molar-refractivity contribution < 1.29 is 0 Å². The molecule has 5 heteroatoms. The molecule has 0 saturated heterocycles. The molecule has 0 unspecified atom stereocenters. The summed E-state index contributed by atoms with van der Waals surface area (Å²) < 4.78 is 0. The van der Waals surface area contributed by atoms with Crippen molar-refractivity contribution in [2.75, 3.05) is 17.2 Å². The highest BCUT2D eigenvalue weighted by atomic mass is 15.1. The van der Waals surface area contributed by atoms with Gasteiger partial charge in [-0.25, -0.2) is 4.98 Å². The number of rotatable bonds is 5. The predicted octanol–water partition coefficient (Wildman–Crippen LogP) is 3.53. The van der Waals surface area contributed by atoms with Crippen molar-refractivity contribution in [3.8, 4) is 6.07 Å². The summed E-state index contributed by atoms with van der Waals surface area (Å²) in [6.07, 6.45) is 2.81. The molecule has 1 aromatic carbocycles. The zero-order valence-corrected chi connectivity index (χ0v) is 12.6. The lowest BCUT2D eigenvalue weighted by molar-refractivity contribution is 0.950. The lowest BCUT2D eigenvalue weighted by Gasteiger charge is -2.12. The van der Waals surface area contributed by atoms with Crippen LogP contribution in [0.15, 0.2) is 24.4 Å². The third-order valence-corrected chi connectivity index (χ3v) is 3.12. The highest BCUT2D eigenvalue weighted by molar-refractivity contribution is 5.65. The van der Waals surface area contributed by atoms with Gasteiger partial charge in [0, 0.05) is 24.0 Å². The Hall–Kier alpha value is -2.61. The number of aromatic nitrogens is 2. The molecule has 0 spiro atoms. The van der Waals surface area contributed by atoms with Gasteiger partial charge < -0.3 is 10.6 Å². The molecular formula is C16H19N5. The van der Waals surface area contributed by atoms with Gasteiger partial charge in [0.05, 0.1) is 11.6 Å². The summed E-state index contributed by atoms with van der Waals surface area (Å²) in [5.74, 6) is 1.36. The van der Waals surface area contributed by atoms with Crippen LogP contribution in [0.1, 0.15) is 30.0 Å². The van der Waals surface area contributed by atoms with E-state index in [4.69, 9.17) is 5.26 Å². The van der Waals surface area contributed by atoms with E-state index in [1.807, 2.05) is 32.0 Å². The minimum absolute atomic E-state index is 0.610. The quantitative estimate of drug-likeness (QED) is 0.877. The SMILES string of the molecule is CCCNc1ncc(C)c(Nc2cc(C#N)ccc2C)n1. The summed E-state index contributed by atoms with van der Waals surface area (Å²) in [5.41, 5.74) is 3.53. The van der Waals surface area contributed by atoms with Crippen molar-refractivity contribution in [2.45, 2.75) is 27.2 Å². The van der Waals surface area contributed by atoms with Crippen LogP contribution < -0.4 is 10.6 Å². The predicted molar refractivity (Wildman–Crippen MR) is 84.7 cm³/mol. The van der Waals surface area contributed by atoms with Gasteiger partial charge >= 0.3 is 0 Å². The number of nitrogens with one attached hydrogen (secondary N) is 2. The molecule has 1 aromatic heterocycles. The fourth-order valence-electron chi connectivity index (χ4n) is 1.84. The molecule has 21 heavy (non-hydrogen) atoms. The summed E-state index contributed by atoms with van der Waals surface area (Å²) in [5, 5.41) is 15.5. The number of nitrogens with zero attached hydrogens (tertiary/aromatic N) is 3. The van der Waals surface area contributed by atoms with Crippen LogP contribution in [0.3, 0.4) is 0 Å². The van der Waals surface area contributed by atoms with Crippen LogP contribution >= 0.6 is 0 Å². The van der Waals surface area contributed by atoms with Gasteiger partial charge in [0.2, 0.25) is 5.95 Å². The lowest BCUT2D eigenvalue weighted by atomic mass is 10.1. The van der Waals surface area contributed by atoms with E-state index in [1.165, 1.54) is 0 Å². The van der Waals surface area contributed by atoms with Crippen molar-refractivity contribution >= 4 is 17.5 Å².